The van der Waals surface area contributed by atoms with Crippen molar-refractivity contribution in [2.75, 3.05) is 26.4 Å². The van der Waals surface area contributed by atoms with Gasteiger partial charge in [-0.1, -0.05) is 32.1 Å². The highest BCUT2D eigenvalue weighted by Crippen LogP contribution is 2.09. The standard InChI is InChI=1S/C11H20O4.C4H11NO2/c12-10(13)8-6-4-2-1-3-5-7-9-11(14)15;5-1-3-7-4-2-6/h1-9H2,(H,12,13)(H,14,15);6H,1-5H2. The zero-order chi connectivity index (χ0) is 17.1. The molecule has 0 aliphatic carbocycles. The summed E-state index contributed by atoms with van der Waals surface area (Å²) in [5, 5.41) is 24.9. The Morgan fingerprint density at radius 3 is 1.50 bits per heavy atom. The maximum atomic E-state index is 10.2. The van der Waals surface area contributed by atoms with E-state index in [0.717, 1.165) is 44.9 Å². The summed E-state index contributed by atoms with van der Waals surface area (Å²) < 4.78 is 4.76. The SMILES string of the molecule is NCCOCCO.O=C(O)CCCCCCCCCC(=O)O. The van der Waals surface area contributed by atoms with Crippen LogP contribution in [0.25, 0.3) is 0 Å². The fraction of sp³-hybridized carbons (Fsp3) is 0.867. The molecule has 5 N–H and O–H groups in total. The predicted molar refractivity (Wildman–Crippen MR) is 83.8 cm³/mol. The lowest BCUT2D eigenvalue weighted by molar-refractivity contribution is -0.138. The van der Waals surface area contributed by atoms with Crippen LogP contribution in [0.15, 0.2) is 0 Å². The number of aliphatic hydroxyl groups is 1. The minimum atomic E-state index is -0.726. The van der Waals surface area contributed by atoms with Crippen LogP contribution in [0.5, 0.6) is 0 Å². The van der Waals surface area contributed by atoms with E-state index >= 15 is 0 Å². The van der Waals surface area contributed by atoms with Crippen molar-refractivity contribution < 1.29 is 29.6 Å². The van der Waals surface area contributed by atoms with Gasteiger partial charge in [0.25, 0.3) is 0 Å². The molecule has 0 aromatic rings. The summed E-state index contributed by atoms with van der Waals surface area (Å²) in [4.78, 5) is 20.4. The summed E-state index contributed by atoms with van der Waals surface area (Å²) in [6.45, 7) is 1.55. The summed E-state index contributed by atoms with van der Waals surface area (Å²) in [7, 11) is 0. The van der Waals surface area contributed by atoms with E-state index in [1.54, 1.807) is 0 Å². The van der Waals surface area contributed by atoms with E-state index in [0.29, 0.717) is 19.8 Å². The second kappa shape index (κ2) is 19.8. The molecule has 0 radical (unpaired) electrons. The Hall–Kier alpha value is -1.18. The van der Waals surface area contributed by atoms with E-state index in [1.165, 1.54) is 0 Å². The van der Waals surface area contributed by atoms with Crippen LogP contribution in [0.3, 0.4) is 0 Å². The Kier molecular flexibility index (Phi) is 20.8. The number of rotatable bonds is 14. The molecular weight excluding hydrogens is 290 g/mol. The number of nitrogens with two attached hydrogens (primary N) is 1. The number of ether oxygens (including phenoxy) is 1. The van der Waals surface area contributed by atoms with Gasteiger partial charge in [-0.25, -0.2) is 0 Å². The third-order valence-corrected chi connectivity index (χ3v) is 2.78. The van der Waals surface area contributed by atoms with Crippen molar-refractivity contribution in [3.05, 3.63) is 0 Å². The van der Waals surface area contributed by atoms with Gasteiger partial charge in [0.15, 0.2) is 0 Å². The monoisotopic (exact) mass is 321 g/mol. The molecule has 0 bridgehead atoms. The van der Waals surface area contributed by atoms with Crippen LogP contribution < -0.4 is 5.73 Å². The molecule has 0 aliphatic rings. The van der Waals surface area contributed by atoms with E-state index in [4.69, 9.17) is 25.8 Å². The lowest BCUT2D eigenvalue weighted by Gasteiger charge is -1.99. The molecular formula is C15H31NO6. The average Bonchev–Trinajstić information content (AvgIpc) is 2.46. The molecule has 0 saturated heterocycles. The van der Waals surface area contributed by atoms with E-state index in [1.807, 2.05) is 0 Å². The zero-order valence-corrected chi connectivity index (χ0v) is 13.3. The van der Waals surface area contributed by atoms with Crippen molar-refractivity contribution in [2.24, 2.45) is 5.73 Å². The molecule has 0 rings (SSSR count). The van der Waals surface area contributed by atoms with Gasteiger partial charge in [-0.15, -0.1) is 0 Å². The van der Waals surface area contributed by atoms with Crippen LogP contribution in [0.1, 0.15) is 57.8 Å². The van der Waals surface area contributed by atoms with E-state index in [2.05, 4.69) is 0 Å². The zero-order valence-electron chi connectivity index (χ0n) is 13.3. The molecule has 7 heteroatoms. The Balaban J connectivity index is 0. The van der Waals surface area contributed by atoms with E-state index in [-0.39, 0.29) is 19.4 Å². The third-order valence-electron chi connectivity index (χ3n) is 2.78. The van der Waals surface area contributed by atoms with Crippen LogP contribution in [-0.2, 0) is 14.3 Å². The molecule has 0 fully saturated rings. The second-order valence-electron chi connectivity index (χ2n) is 4.89. The molecule has 0 aromatic heterocycles. The van der Waals surface area contributed by atoms with Crippen molar-refractivity contribution >= 4 is 11.9 Å². The van der Waals surface area contributed by atoms with Gasteiger partial charge in [0, 0.05) is 19.4 Å². The van der Waals surface area contributed by atoms with Gasteiger partial charge in [0.05, 0.1) is 19.8 Å². The first-order valence-corrected chi connectivity index (χ1v) is 7.86. The summed E-state index contributed by atoms with van der Waals surface area (Å²) in [6, 6.07) is 0. The Bertz CT molecular complexity index is 236. The average molecular weight is 321 g/mol. The smallest absolute Gasteiger partial charge is 0.303 e. The van der Waals surface area contributed by atoms with E-state index in [9.17, 15) is 9.59 Å². The first kappa shape index (κ1) is 23.1. The van der Waals surface area contributed by atoms with Crippen LogP contribution >= 0.6 is 0 Å². The Morgan fingerprint density at radius 1 is 0.773 bits per heavy atom. The highest BCUT2D eigenvalue weighted by Gasteiger charge is 1.98. The minimum Gasteiger partial charge on any atom is -0.481 e. The molecule has 132 valence electrons. The fourth-order valence-electron chi connectivity index (χ4n) is 1.69. The third kappa shape index (κ3) is 27.2. The normalized spacial score (nSPS) is 9.91. The number of carboxylic acid groups (broad SMARTS) is 2. The van der Waals surface area contributed by atoms with Crippen molar-refractivity contribution in [3.8, 4) is 0 Å². The van der Waals surface area contributed by atoms with Gasteiger partial charge in [-0.3, -0.25) is 9.59 Å². The van der Waals surface area contributed by atoms with Crippen molar-refractivity contribution in [3.63, 3.8) is 0 Å². The maximum absolute atomic E-state index is 10.2. The Morgan fingerprint density at radius 2 is 1.18 bits per heavy atom. The number of hydrogen-bond acceptors (Lipinski definition) is 5. The molecule has 0 aliphatic heterocycles. The summed E-state index contributed by atoms with van der Waals surface area (Å²) in [6.07, 6.45) is 7.16. The number of carboxylic acids is 2. The quantitative estimate of drug-likeness (QED) is 0.358. The van der Waals surface area contributed by atoms with Gasteiger partial charge >= 0.3 is 11.9 Å². The topological polar surface area (TPSA) is 130 Å². The van der Waals surface area contributed by atoms with Gasteiger partial charge in [-0.2, -0.15) is 0 Å². The lowest BCUT2D eigenvalue weighted by atomic mass is 10.1. The number of carbonyl (C=O) groups is 2. The predicted octanol–water partition coefficient (Wildman–Crippen LogP) is 1.62. The highest BCUT2D eigenvalue weighted by molar-refractivity contribution is 5.66. The minimum absolute atomic E-state index is 0.0833. The number of aliphatic hydroxyl groups excluding tert-OH is 1. The summed E-state index contributed by atoms with van der Waals surface area (Å²) >= 11 is 0. The van der Waals surface area contributed by atoms with Crippen molar-refractivity contribution in [1.82, 2.24) is 0 Å². The molecule has 22 heavy (non-hydrogen) atoms. The molecule has 0 heterocycles. The lowest BCUT2D eigenvalue weighted by Crippen LogP contribution is -2.10. The molecule has 0 amide bonds. The van der Waals surface area contributed by atoms with Crippen LogP contribution in [0.2, 0.25) is 0 Å². The number of unbranched alkanes of at least 4 members (excludes halogenated alkanes) is 6. The molecule has 0 atom stereocenters. The van der Waals surface area contributed by atoms with E-state index < -0.39 is 11.9 Å². The van der Waals surface area contributed by atoms with Gasteiger partial charge in [-0.05, 0) is 12.8 Å². The van der Waals surface area contributed by atoms with Crippen LogP contribution in [0.4, 0.5) is 0 Å². The molecule has 0 saturated carbocycles. The molecule has 0 spiro atoms. The first-order chi connectivity index (χ1) is 10.5. The highest BCUT2D eigenvalue weighted by atomic mass is 16.5. The first-order valence-electron chi connectivity index (χ1n) is 7.86. The van der Waals surface area contributed by atoms with Gasteiger partial charge in [0.1, 0.15) is 0 Å². The second-order valence-corrected chi connectivity index (χ2v) is 4.89. The van der Waals surface area contributed by atoms with Gasteiger partial charge in [0.2, 0.25) is 0 Å². The van der Waals surface area contributed by atoms with Gasteiger partial charge < -0.3 is 25.8 Å². The summed E-state index contributed by atoms with van der Waals surface area (Å²) in [5.41, 5.74) is 5.06. The molecule has 0 aromatic carbocycles. The molecule has 0 unspecified atom stereocenters. The summed E-state index contributed by atoms with van der Waals surface area (Å²) in [5.74, 6) is -1.45. The van der Waals surface area contributed by atoms with Crippen LogP contribution in [0, 0.1) is 0 Å². The Labute approximate surface area is 132 Å². The number of hydrogen-bond donors (Lipinski definition) is 4. The largest absolute Gasteiger partial charge is 0.481 e. The fourth-order valence-corrected chi connectivity index (χ4v) is 1.69. The van der Waals surface area contributed by atoms with Crippen molar-refractivity contribution in [1.29, 1.82) is 0 Å². The number of aliphatic carboxylic acids is 2. The van der Waals surface area contributed by atoms with Crippen LogP contribution in [-0.4, -0.2) is 53.6 Å². The molecule has 7 nitrogen and oxygen atoms in total. The van der Waals surface area contributed by atoms with Crippen molar-refractivity contribution in [2.45, 2.75) is 57.8 Å². The maximum Gasteiger partial charge on any atom is 0.303 e.